The Morgan fingerprint density at radius 3 is 2.86 bits per heavy atom. The molecule has 1 aromatic heterocycles. The topological polar surface area (TPSA) is 25.2 Å². The zero-order chi connectivity index (χ0) is 10.2. The van der Waals surface area contributed by atoms with Crippen molar-refractivity contribution in [1.29, 1.82) is 0 Å². The third-order valence-electron chi connectivity index (χ3n) is 3.36. The first-order valence-electron chi connectivity index (χ1n) is 5.36. The Labute approximate surface area is 85.7 Å². The van der Waals surface area contributed by atoms with Crippen LogP contribution in [0, 0.1) is 11.3 Å². The predicted molar refractivity (Wildman–Crippen MR) is 57.0 cm³/mol. The molecule has 0 saturated heterocycles. The van der Waals surface area contributed by atoms with E-state index in [1.807, 2.05) is 12.1 Å². The largest absolute Gasteiger partial charge is 0.468 e. The van der Waals surface area contributed by atoms with E-state index in [9.17, 15) is 0 Å². The fourth-order valence-electron chi connectivity index (χ4n) is 1.88. The second-order valence-corrected chi connectivity index (χ2v) is 5.03. The fourth-order valence-corrected chi connectivity index (χ4v) is 1.88. The lowest BCUT2D eigenvalue weighted by molar-refractivity contribution is 0.413. The maximum atomic E-state index is 5.34. The van der Waals surface area contributed by atoms with Gasteiger partial charge >= 0.3 is 0 Å². The summed E-state index contributed by atoms with van der Waals surface area (Å²) in [5, 5.41) is 3.51. The molecule has 1 N–H and O–H groups in total. The van der Waals surface area contributed by atoms with Crippen LogP contribution < -0.4 is 5.32 Å². The molecular weight excluding hydrogens is 174 g/mol. The number of nitrogens with one attached hydrogen (secondary N) is 1. The lowest BCUT2D eigenvalue weighted by Crippen LogP contribution is -2.22. The van der Waals surface area contributed by atoms with E-state index in [4.69, 9.17) is 4.42 Å². The molecule has 2 atom stereocenters. The van der Waals surface area contributed by atoms with Crippen molar-refractivity contribution >= 4 is 0 Å². The van der Waals surface area contributed by atoms with Crippen LogP contribution in [0.5, 0.6) is 0 Å². The van der Waals surface area contributed by atoms with Crippen LogP contribution in [0.15, 0.2) is 22.8 Å². The Balaban J connectivity index is 1.77. The first-order chi connectivity index (χ1) is 6.59. The molecule has 1 aromatic rings. The summed E-state index contributed by atoms with van der Waals surface area (Å²) in [4.78, 5) is 0. The summed E-state index contributed by atoms with van der Waals surface area (Å²) < 4.78 is 5.34. The monoisotopic (exact) mass is 193 g/mol. The molecule has 1 heterocycles. The van der Waals surface area contributed by atoms with E-state index >= 15 is 0 Å². The second kappa shape index (κ2) is 3.43. The zero-order valence-corrected chi connectivity index (χ0v) is 9.21. The van der Waals surface area contributed by atoms with Crippen molar-refractivity contribution < 1.29 is 4.42 Å². The highest BCUT2D eigenvalue weighted by Gasteiger charge is 2.44. The molecule has 2 nitrogen and oxygen atoms in total. The van der Waals surface area contributed by atoms with E-state index in [-0.39, 0.29) is 0 Å². The van der Waals surface area contributed by atoms with E-state index in [0.29, 0.717) is 11.5 Å². The molecule has 2 rings (SSSR count). The van der Waals surface area contributed by atoms with Gasteiger partial charge in [-0.2, -0.15) is 0 Å². The quantitative estimate of drug-likeness (QED) is 0.795. The highest BCUT2D eigenvalue weighted by molar-refractivity contribution is 5.04. The highest BCUT2D eigenvalue weighted by atomic mass is 16.3. The minimum absolute atomic E-state index is 0.335. The van der Waals surface area contributed by atoms with Gasteiger partial charge in [0.05, 0.1) is 12.3 Å². The summed E-state index contributed by atoms with van der Waals surface area (Å²) in [6.45, 7) is 7.91. The number of furan rings is 1. The van der Waals surface area contributed by atoms with Gasteiger partial charge in [-0.1, -0.05) is 13.8 Å². The van der Waals surface area contributed by atoms with Crippen molar-refractivity contribution in [3.63, 3.8) is 0 Å². The van der Waals surface area contributed by atoms with Gasteiger partial charge in [-0.3, -0.25) is 0 Å². The van der Waals surface area contributed by atoms with Gasteiger partial charge in [0.1, 0.15) is 5.76 Å². The summed E-state index contributed by atoms with van der Waals surface area (Å²) in [6, 6.07) is 4.30. The van der Waals surface area contributed by atoms with Gasteiger partial charge in [-0.25, -0.2) is 0 Å². The molecule has 1 aliphatic rings. The number of rotatable bonds is 4. The number of hydrogen-bond acceptors (Lipinski definition) is 2. The molecule has 0 aromatic carbocycles. The molecule has 2 heteroatoms. The van der Waals surface area contributed by atoms with Gasteiger partial charge in [0.2, 0.25) is 0 Å². The van der Waals surface area contributed by atoms with Gasteiger partial charge in [0.15, 0.2) is 0 Å². The van der Waals surface area contributed by atoms with E-state index in [1.165, 1.54) is 6.42 Å². The van der Waals surface area contributed by atoms with Crippen LogP contribution in [0.3, 0.4) is 0 Å². The van der Waals surface area contributed by atoms with Crippen molar-refractivity contribution in [2.75, 3.05) is 6.54 Å². The Morgan fingerprint density at radius 2 is 2.36 bits per heavy atom. The van der Waals surface area contributed by atoms with Crippen LogP contribution in [0.2, 0.25) is 0 Å². The van der Waals surface area contributed by atoms with Crippen LogP contribution >= 0.6 is 0 Å². The average Bonchev–Trinajstić information content (AvgIpc) is 2.58. The van der Waals surface area contributed by atoms with Crippen LogP contribution in [0.25, 0.3) is 0 Å². The molecular formula is C12H19NO. The third-order valence-corrected chi connectivity index (χ3v) is 3.36. The summed E-state index contributed by atoms with van der Waals surface area (Å²) in [6.07, 6.45) is 3.08. The van der Waals surface area contributed by atoms with Gasteiger partial charge in [0.25, 0.3) is 0 Å². The van der Waals surface area contributed by atoms with E-state index < -0.39 is 0 Å². The van der Waals surface area contributed by atoms with Gasteiger partial charge in [-0.15, -0.1) is 0 Å². The lowest BCUT2D eigenvalue weighted by Gasteiger charge is -2.11. The average molecular weight is 193 g/mol. The van der Waals surface area contributed by atoms with Crippen LogP contribution in [-0.2, 0) is 0 Å². The Kier molecular flexibility index (Phi) is 2.40. The maximum Gasteiger partial charge on any atom is 0.120 e. The normalized spacial score (nSPS) is 26.1. The van der Waals surface area contributed by atoms with Crippen molar-refractivity contribution in [2.24, 2.45) is 11.3 Å². The van der Waals surface area contributed by atoms with Crippen LogP contribution in [0.1, 0.15) is 39.0 Å². The minimum atomic E-state index is 0.335. The SMILES string of the molecule is CC(NCC1CC1(C)C)c1ccco1. The van der Waals surface area contributed by atoms with Crippen molar-refractivity contribution in [3.05, 3.63) is 24.2 Å². The van der Waals surface area contributed by atoms with Gasteiger partial charge in [-0.05, 0) is 43.4 Å². The third kappa shape index (κ3) is 2.01. The van der Waals surface area contributed by atoms with Crippen molar-refractivity contribution in [2.45, 2.75) is 33.2 Å². The second-order valence-electron chi connectivity index (χ2n) is 5.03. The molecule has 0 bridgehead atoms. The molecule has 0 radical (unpaired) electrons. The molecule has 0 aliphatic heterocycles. The van der Waals surface area contributed by atoms with Crippen LogP contribution in [0.4, 0.5) is 0 Å². The molecule has 0 spiro atoms. The van der Waals surface area contributed by atoms with Crippen LogP contribution in [-0.4, -0.2) is 6.54 Å². The van der Waals surface area contributed by atoms with Crippen molar-refractivity contribution in [3.8, 4) is 0 Å². The minimum Gasteiger partial charge on any atom is -0.468 e. The zero-order valence-electron chi connectivity index (χ0n) is 9.21. The Bertz CT molecular complexity index is 289. The molecule has 1 saturated carbocycles. The maximum absolute atomic E-state index is 5.34. The molecule has 1 aliphatic carbocycles. The highest BCUT2D eigenvalue weighted by Crippen LogP contribution is 2.51. The van der Waals surface area contributed by atoms with E-state index in [0.717, 1.165) is 18.2 Å². The van der Waals surface area contributed by atoms with E-state index in [1.54, 1.807) is 6.26 Å². The molecule has 1 fully saturated rings. The smallest absolute Gasteiger partial charge is 0.120 e. The van der Waals surface area contributed by atoms with Crippen molar-refractivity contribution in [1.82, 2.24) is 5.32 Å². The number of hydrogen-bond donors (Lipinski definition) is 1. The Morgan fingerprint density at radius 1 is 1.64 bits per heavy atom. The van der Waals surface area contributed by atoms with Gasteiger partial charge in [0, 0.05) is 0 Å². The molecule has 2 unspecified atom stereocenters. The first-order valence-corrected chi connectivity index (χ1v) is 5.36. The fraction of sp³-hybridized carbons (Fsp3) is 0.667. The first kappa shape index (κ1) is 9.78. The predicted octanol–water partition coefficient (Wildman–Crippen LogP) is 2.98. The lowest BCUT2D eigenvalue weighted by atomic mass is 10.1. The summed E-state index contributed by atoms with van der Waals surface area (Å²) in [7, 11) is 0. The Hall–Kier alpha value is -0.760. The summed E-state index contributed by atoms with van der Waals surface area (Å²) in [5.41, 5.74) is 0.565. The van der Waals surface area contributed by atoms with E-state index in [2.05, 4.69) is 26.1 Å². The summed E-state index contributed by atoms with van der Waals surface area (Å²) in [5.74, 6) is 1.88. The van der Waals surface area contributed by atoms with Gasteiger partial charge < -0.3 is 9.73 Å². The summed E-state index contributed by atoms with van der Waals surface area (Å²) >= 11 is 0. The molecule has 14 heavy (non-hydrogen) atoms. The molecule has 78 valence electrons. The molecule has 0 amide bonds. The standard InChI is InChI=1S/C12H19NO/c1-9(11-5-4-6-14-11)13-8-10-7-12(10,2)3/h4-6,9-10,13H,7-8H2,1-3H3.